The summed E-state index contributed by atoms with van der Waals surface area (Å²) in [5.74, 6) is 1.78. The van der Waals surface area contributed by atoms with Crippen LogP contribution in [0.1, 0.15) is 60.3 Å². The van der Waals surface area contributed by atoms with E-state index in [2.05, 4.69) is 32.6 Å². The molecule has 1 heterocycles. The minimum absolute atomic E-state index is 0.0344. The van der Waals surface area contributed by atoms with Crippen LogP contribution in [-0.4, -0.2) is 22.9 Å². The molecule has 2 atom stereocenters. The van der Waals surface area contributed by atoms with Gasteiger partial charge in [-0.3, -0.25) is 4.79 Å². The molecule has 0 bridgehead atoms. The van der Waals surface area contributed by atoms with Gasteiger partial charge in [-0.1, -0.05) is 20.8 Å². The molecule has 1 rings (SSSR count). The Morgan fingerprint density at radius 2 is 1.94 bits per heavy atom. The highest BCUT2D eigenvalue weighted by atomic mass is 16.2. The Bertz CT molecular complexity index is 247. The molecule has 0 aromatic rings. The molecular formula is C14H27NO. The molecule has 0 saturated carbocycles. The molecule has 2 unspecified atom stereocenters. The molecule has 0 aromatic heterocycles. The van der Waals surface area contributed by atoms with Crippen LogP contribution in [0.2, 0.25) is 0 Å². The first-order valence-electron chi connectivity index (χ1n) is 6.67. The van der Waals surface area contributed by atoms with Gasteiger partial charge in [0.1, 0.15) is 0 Å². The Labute approximate surface area is 100 Å². The lowest BCUT2D eigenvalue weighted by Gasteiger charge is -2.43. The van der Waals surface area contributed by atoms with Crippen molar-refractivity contribution in [2.24, 2.45) is 11.8 Å². The van der Waals surface area contributed by atoms with Crippen molar-refractivity contribution in [2.45, 2.75) is 65.8 Å². The van der Waals surface area contributed by atoms with Gasteiger partial charge in [-0.05, 0) is 44.9 Å². The van der Waals surface area contributed by atoms with E-state index in [4.69, 9.17) is 0 Å². The third-order valence-corrected chi connectivity index (χ3v) is 3.83. The van der Waals surface area contributed by atoms with Gasteiger partial charge in [0.25, 0.3) is 0 Å². The Morgan fingerprint density at radius 1 is 1.31 bits per heavy atom. The largest absolute Gasteiger partial charge is 0.338 e. The first kappa shape index (κ1) is 13.5. The highest BCUT2D eigenvalue weighted by molar-refractivity contribution is 5.76. The molecule has 0 spiro atoms. The van der Waals surface area contributed by atoms with Gasteiger partial charge in [-0.2, -0.15) is 0 Å². The summed E-state index contributed by atoms with van der Waals surface area (Å²) in [5.41, 5.74) is 0.0344. The van der Waals surface area contributed by atoms with Gasteiger partial charge in [0.05, 0.1) is 0 Å². The molecule has 2 heteroatoms. The monoisotopic (exact) mass is 225 g/mol. The zero-order valence-electron chi connectivity index (χ0n) is 11.5. The third kappa shape index (κ3) is 3.23. The van der Waals surface area contributed by atoms with Crippen LogP contribution in [0.25, 0.3) is 0 Å². The van der Waals surface area contributed by atoms with E-state index in [1.165, 1.54) is 6.42 Å². The molecule has 94 valence electrons. The van der Waals surface area contributed by atoms with Gasteiger partial charge in [-0.25, -0.2) is 0 Å². The second-order valence-electron chi connectivity index (χ2n) is 6.15. The lowest BCUT2D eigenvalue weighted by molar-refractivity contribution is -0.137. The maximum absolute atomic E-state index is 12.0. The fourth-order valence-electron chi connectivity index (χ4n) is 3.16. The van der Waals surface area contributed by atoms with Crippen molar-refractivity contribution in [1.29, 1.82) is 0 Å². The molecule has 1 aliphatic rings. The fraction of sp³-hybridized carbons (Fsp3) is 0.929. The zero-order chi connectivity index (χ0) is 12.3. The number of rotatable bonds is 1. The maximum atomic E-state index is 12.0. The summed E-state index contributed by atoms with van der Waals surface area (Å²) in [5, 5.41) is 0. The summed E-state index contributed by atoms with van der Waals surface area (Å²) < 4.78 is 0. The maximum Gasteiger partial charge on any atom is 0.222 e. The van der Waals surface area contributed by atoms with Gasteiger partial charge >= 0.3 is 0 Å². The van der Waals surface area contributed by atoms with E-state index in [0.717, 1.165) is 31.2 Å². The van der Waals surface area contributed by atoms with E-state index >= 15 is 0 Å². The van der Waals surface area contributed by atoms with Crippen LogP contribution in [0.15, 0.2) is 0 Å². The summed E-state index contributed by atoms with van der Waals surface area (Å²) in [6.07, 6.45) is 4.21. The summed E-state index contributed by atoms with van der Waals surface area (Å²) in [7, 11) is 0. The molecule has 16 heavy (non-hydrogen) atoms. The second-order valence-corrected chi connectivity index (χ2v) is 6.15. The highest BCUT2D eigenvalue weighted by Gasteiger charge is 2.33. The SMILES string of the molecule is CCC(=O)N1CCC(C)CC(C)CC1(C)C. The molecule has 0 aromatic carbocycles. The lowest BCUT2D eigenvalue weighted by atomic mass is 9.81. The Balaban J connectivity index is 2.82. The first-order chi connectivity index (χ1) is 7.36. The number of hydrogen-bond donors (Lipinski definition) is 0. The molecule has 1 saturated heterocycles. The van der Waals surface area contributed by atoms with E-state index < -0.39 is 0 Å². The Hall–Kier alpha value is -0.530. The van der Waals surface area contributed by atoms with Crippen LogP contribution in [0, 0.1) is 11.8 Å². The summed E-state index contributed by atoms with van der Waals surface area (Å²) >= 11 is 0. The Morgan fingerprint density at radius 3 is 2.50 bits per heavy atom. The Kier molecular flexibility index (Phi) is 4.40. The predicted molar refractivity (Wildman–Crippen MR) is 68.3 cm³/mol. The lowest BCUT2D eigenvalue weighted by Crippen LogP contribution is -2.50. The second kappa shape index (κ2) is 5.20. The van der Waals surface area contributed by atoms with Gasteiger partial charge in [0.15, 0.2) is 0 Å². The molecule has 0 radical (unpaired) electrons. The van der Waals surface area contributed by atoms with Crippen LogP contribution in [0.5, 0.6) is 0 Å². The van der Waals surface area contributed by atoms with Crippen molar-refractivity contribution in [2.75, 3.05) is 6.54 Å². The van der Waals surface area contributed by atoms with Crippen LogP contribution >= 0.6 is 0 Å². The summed E-state index contributed by atoms with van der Waals surface area (Å²) in [6, 6.07) is 0. The number of amides is 1. The quantitative estimate of drug-likeness (QED) is 0.669. The van der Waals surface area contributed by atoms with Gasteiger partial charge in [0, 0.05) is 18.5 Å². The van der Waals surface area contributed by atoms with Crippen LogP contribution in [0.3, 0.4) is 0 Å². The predicted octanol–water partition coefficient (Wildman–Crippen LogP) is 3.46. The van der Waals surface area contributed by atoms with Crippen LogP contribution in [-0.2, 0) is 4.79 Å². The average molecular weight is 225 g/mol. The molecule has 2 nitrogen and oxygen atoms in total. The van der Waals surface area contributed by atoms with E-state index in [-0.39, 0.29) is 5.54 Å². The number of carbonyl (C=O) groups excluding carboxylic acids is 1. The fourth-order valence-corrected chi connectivity index (χ4v) is 3.16. The molecule has 1 amide bonds. The van der Waals surface area contributed by atoms with E-state index in [9.17, 15) is 4.79 Å². The minimum atomic E-state index is 0.0344. The van der Waals surface area contributed by atoms with E-state index in [1.807, 2.05) is 6.92 Å². The normalized spacial score (nSPS) is 30.7. The standard InChI is InChI=1S/C14H27NO/c1-6-13(16)15-8-7-11(2)9-12(3)10-14(15,4)5/h11-12H,6-10H2,1-5H3. The molecule has 1 aliphatic heterocycles. The smallest absolute Gasteiger partial charge is 0.222 e. The molecule has 1 fully saturated rings. The summed E-state index contributed by atoms with van der Waals surface area (Å²) in [6.45, 7) is 12.0. The highest BCUT2D eigenvalue weighted by Crippen LogP contribution is 2.32. The van der Waals surface area contributed by atoms with Crippen molar-refractivity contribution in [1.82, 2.24) is 4.90 Å². The number of hydrogen-bond acceptors (Lipinski definition) is 1. The van der Waals surface area contributed by atoms with Crippen LogP contribution < -0.4 is 0 Å². The molecule has 0 aliphatic carbocycles. The molecule has 0 N–H and O–H groups in total. The number of likely N-dealkylation sites (tertiary alicyclic amines) is 1. The minimum Gasteiger partial charge on any atom is -0.338 e. The van der Waals surface area contributed by atoms with E-state index in [0.29, 0.717) is 12.3 Å². The third-order valence-electron chi connectivity index (χ3n) is 3.83. The van der Waals surface area contributed by atoms with E-state index in [1.54, 1.807) is 0 Å². The van der Waals surface area contributed by atoms with Crippen molar-refractivity contribution < 1.29 is 4.79 Å². The first-order valence-corrected chi connectivity index (χ1v) is 6.67. The van der Waals surface area contributed by atoms with Gasteiger partial charge in [-0.15, -0.1) is 0 Å². The van der Waals surface area contributed by atoms with Crippen molar-refractivity contribution in [3.63, 3.8) is 0 Å². The summed E-state index contributed by atoms with van der Waals surface area (Å²) in [4.78, 5) is 14.1. The van der Waals surface area contributed by atoms with Crippen LogP contribution in [0.4, 0.5) is 0 Å². The van der Waals surface area contributed by atoms with Crippen molar-refractivity contribution in [3.05, 3.63) is 0 Å². The van der Waals surface area contributed by atoms with Gasteiger partial charge < -0.3 is 4.90 Å². The average Bonchev–Trinajstić information content (AvgIpc) is 2.14. The number of carbonyl (C=O) groups is 1. The van der Waals surface area contributed by atoms with Crippen molar-refractivity contribution in [3.8, 4) is 0 Å². The van der Waals surface area contributed by atoms with Gasteiger partial charge in [0.2, 0.25) is 5.91 Å². The topological polar surface area (TPSA) is 20.3 Å². The van der Waals surface area contributed by atoms with Crippen molar-refractivity contribution >= 4 is 5.91 Å². The molecular weight excluding hydrogens is 198 g/mol. The zero-order valence-corrected chi connectivity index (χ0v) is 11.5. The number of nitrogens with zero attached hydrogens (tertiary/aromatic N) is 1.